The van der Waals surface area contributed by atoms with Crippen LogP contribution in [0, 0.1) is 0 Å². The number of nitrogens with zero attached hydrogens (tertiary/aromatic N) is 3. The smallest absolute Gasteiger partial charge is 0.238 e. The molecule has 1 aliphatic heterocycles. The van der Waals surface area contributed by atoms with E-state index in [9.17, 15) is 18.0 Å². The van der Waals surface area contributed by atoms with E-state index in [1.54, 1.807) is 17.9 Å². The van der Waals surface area contributed by atoms with E-state index < -0.39 is 10.0 Å². The Labute approximate surface area is 234 Å². The second-order valence-corrected chi connectivity index (χ2v) is 12.6. The van der Waals surface area contributed by atoms with E-state index in [-0.39, 0.29) is 43.3 Å². The predicted octanol–water partition coefficient (Wildman–Crippen LogP) is 4.71. The van der Waals surface area contributed by atoms with Crippen molar-refractivity contribution in [2.45, 2.75) is 84.2 Å². The molecule has 0 saturated carbocycles. The molecular weight excluding hydrogens is 526 g/mol. The van der Waals surface area contributed by atoms with E-state index in [2.05, 4.69) is 6.92 Å². The fourth-order valence-corrected chi connectivity index (χ4v) is 6.50. The van der Waals surface area contributed by atoms with Crippen LogP contribution in [0.15, 0.2) is 24.3 Å². The minimum absolute atomic E-state index is 0.0166. The van der Waals surface area contributed by atoms with Crippen LogP contribution in [0.2, 0.25) is 5.02 Å². The number of carbonyl (C=O) groups is 2. The molecule has 0 spiro atoms. The average molecular weight is 572 g/mol. The van der Waals surface area contributed by atoms with Crippen LogP contribution in [-0.4, -0.2) is 86.0 Å². The maximum absolute atomic E-state index is 13.7. The largest absolute Gasteiger partial charge is 0.383 e. The Morgan fingerprint density at radius 1 is 1.08 bits per heavy atom. The van der Waals surface area contributed by atoms with Crippen LogP contribution in [0.4, 0.5) is 0 Å². The Morgan fingerprint density at radius 3 is 2.42 bits per heavy atom. The SMILES string of the molecule is CCCCCCCC(=O)N1CCC(N(Cc2cccc(Cl)c2)C(=O)CN(CCOC)S(=O)(=O)CCC)CC1. The van der Waals surface area contributed by atoms with Gasteiger partial charge < -0.3 is 14.5 Å². The quantitative estimate of drug-likeness (QED) is 0.253. The Morgan fingerprint density at radius 2 is 1.79 bits per heavy atom. The second kappa shape index (κ2) is 17.1. The molecule has 0 aromatic heterocycles. The molecule has 216 valence electrons. The van der Waals surface area contributed by atoms with E-state index in [1.165, 1.54) is 30.7 Å². The van der Waals surface area contributed by atoms with Gasteiger partial charge in [-0.05, 0) is 43.4 Å². The highest BCUT2D eigenvalue weighted by Crippen LogP contribution is 2.22. The van der Waals surface area contributed by atoms with Crippen molar-refractivity contribution in [3.8, 4) is 0 Å². The molecule has 10 heteroatoms. The monoisotopic (exact) mass is 571 g/mol. The summed E-state index contributed by atoms with van der Waals surface area (Å²) in [6.07, 6.45) is 7.92. The number of likely N-dealkylation sites (tertiary alicyclic amines) is 1. The molecule has 1 fully saturated rings. The molecule has 2 rings (SSSR count). The van der Waals surface area contributed by atoms with Gasteiger partial charge in [-0.25, -0.2) is 8.42 Å². The van der Waals surface area contributed by atoms with Crippen molar-refractivity contribution in [1.82, 2.24) is 14.1 Å². The summed E-state index contributed by atoms with van der Waals surface area (Å²) in [6.45, 7) is 5.62. The molecule has 1 saturated heterocycles. The number of halogens is 1. The number of hydrogen-bond donors (Lipinski definition) is 0. The third-order valence-corrected chi connectivity index (χ3v) is 9.28. The fourth-order valence-electron chi connectivity index (χ4n) is 4.86. The molecular formula is C28H46ClN3O5S. The Hall–Kier alpha value is -1.68. The maximum atomic E-state index is 13.7. The number of amides is 2. The molecule has 0 atom stereocenters. The van der Waals surface area contributed by atoms with Crippen molar-refractivity contribution in [3.63, 3.8) is 0 Å². The first-order valence-corrected chi connectivity index (χ1v) is 16.0. The van der Waals surface area contributed by atoms with E-state index in [0.717, 1.165) is 18.4 Å². The number of rotatable bonds is 17. The van der Waals surface area contributed by atoms with Gasteiger partial charge in [-0.15, -0.1) is 0 Å². The van der Waals surface area contributed by atoms with Gasteiger partial charge in [0, 0.05) is 50.8 Å². The van der Waals surface area contributed by atoms with Gasteiger partial charge in [0.25, 0.3) is 0 Å². The number of piperidine rings is 1. The van der Waals surface area contributed by atoms with Crippen molar-refractivity contribution in [2.24, 2.45) is 0 Å². The van der Waals surface area contributed by atoms with Crippen LogP contribution >= 0.6 is 11.6 Å². The lowest BCUT2D eigenvalue weighted by molar-refractivity contribution is -0.137. The minimum atomic E-state index is -3.59. The minimum Gasteiger partial charge on any atom is -0.383 e. The van der Waals surface area contributed by atoms with E-state index in [1.807, 2.05) is 23.1 Å². The van der Waals surface area contributed by atoms with Gasteiger partial charge in [-0.3, -0.25) is 9.59 Å². The molecule has 1 aliphatic rings. The molecule has 1 aromatic rings. The highest BCUT2D eigenvalue weighted by Gasteiger charge is 2.32. The van der Waals surface area contributed by atoms with Crippen molar-refractivity contribution in [3.05, 3.63) is 34.9 Å². The maximum Gasteiger partial charge on any atom is 0.238 e. The van der Waals surface area contributed by atoms with Gasteiger partial charge in [0.1, 0.15) is 0 Å². The van der Waals surface area contributed by atoms with Gasteiger partial charge in [0.2, 0.25) is 21.8 Å². The summed E-state index contributed by atoms with van der Waals surface area (Å²) in [5.74, 6) is -0.0810. The van der Waals surface area contributed by atoms with Gasteiger partial charge in [0.05, 0.1) is 18.9 Å². The molecule has 2 amide bonds. The van der Waals surface area contributed by atoms with E-state index in [0.29, 0.717) is 50.3 Å². The third-order valence-electron chi connectivity index (χ3n) is 7.03. The zero-order valence-corrected chi connectivity index (χ0v) is 24.9. The topological polar surface area (TPSA) is 87.2 Å². The van der Waals surface area contributed by atoms with E-state index >= 15 is 0 Å². The number of methoxy groups -OCH3 is 1. The number of hydrogen-bond acceptors (Lipinski definition) is 5. The van der Waals surface area contributed by atoms with Gasteiger partial charge in [0.15, 0.2) is 0 Å². The van der Waals surface area contributed by atoms with Crippen molar-refractivity contribution < 1.29 is 22.7 Å². The molecule has 38 heavy (non-hydrogen) atoms. The van der Waals surface area contributed by atoms with Crippen LogP contribution in [0.5, 0.6) is 0 Å². The van der Waals surface area contributed by atoms with Crippen LogP contribution in [0.3, 0.4) is 0 Å². The van der Waals surface area contributed by atoms with Crippen LogP contribution in [0.1, 0.15) is 77.2 Å². The summed E-state index contributed by atoms with van der Waals surface area (Å²) in [5.41, 5.74) is 0.885. The zero-order valence-electron chi connectivity index (χ0n) is 23.4. The van der Waals surface area contributed by atoms with Crippen LogP contribution in [0.25, 0.3) is 0 Å². The summed E-state index contributed by atoms with van der Waals surface area (Å²) in [5, 5.41) is 0.585. The van der Waals surface area contributed by atoms with Crippen LogP contribution in [-0.2, 0) is 30.9 Å². The number of benzene rings is 1. The lowest BCUT2D eigenvalue weighted by Crippen LogP contribution is -2.51. The van der Waals surface area contributed by atoms with Gasteiger partial charge >= 0.3 is 0 Å². The standard InChI is InChI=1S/C28H46ClN3O5S/c1-4-6-7-8-9-13-27(33)30-16-14-26(15-17-30)32(22-24-11-10-12-25(29)21-24)28(34)23-31(18-19-37-3)38(35,36)20-5-2/h10-12,21,26H,4-9,13-20,22-23H2,1-3H3. The zero-order chi connectivity index (χ0) is 28.0. The summed E-state index contributed by atoms with van der Waals surface area (Å²) in [6, 6.07) is 7.29. The third kappa shape index (κ3) is 10.8. The molecule has 0 N–H and O–H groups in total. The Bertz CT molecular complexity index is 967. The Kier molecular flexibility index (Phi) is 14.6. The number of sulfonamides is 1. The van der Waals surface area contributed by atoms with Crippen LogP contribution < -0.4 is 0 Å². The van der Waals surface area contributed by atoms with Crippen molar-refractivity contribution >= 4 is 33.4 Å². The normalized spacial score (nSPS) is 14.7. The molecule has 0 radical (unpaired) electrons. The number of carbonyl (C=O) groups excluding carboxylic acids is 2. The first-order chi connectivity index (χ1) is 18.2. The first-order valence-electron chi connectivity index (χ1n) is 14.0. The average Bonchev–Trinajstić information content (AvgIpc) is 2.89. The van der Waals surface area contributed by atoms with Crippen molar-refractivity contribution in [2.75, 3.05) is 45.6 Å². The second-order valence-electron chi connectivity index (χ2n) is 10.1. The summed E-state index contributed by atoms with van der Waals surface area (Å²) >= 11 is 6.20. The van der Waals surface area contributed by atoms with Gasteiger partial charge in [-0.1, -0.05) is 63.3 Å². The molecule has 0 unspecified atom stereocenters. The summed E-state index contributed by atoms with van der Waals surface area (Å²) < 4.78 is 32.1. The summed E-state index contributed by atoms with van der Waals surface area (Å²) in [7, 11) is -2.07. The molecule has 1 aromatic carbocycles. The summed E-state index contributed by atoms with van der Waals surface area (Å²) in [4.78, 5) is 30.1. The highest BCUT2D eigenvalue weighted by atomic mass is 35.5. The lowest BCUT2D eigenvalue weighted by Gasteiger charge is -2.39. The predicted molar refractivity (Wildman–Crippen MR) is 153 cm³/mol. The number of unbranched alkanes of at least 4 members (excludes halogenated alkanes) is 4. The van der Waals surface area contributed by atoms with Gasteiger partial charge in [-0.2, -0.15) is 4.31 Å². The fraction of sp³-hybridized carbons (Fsp3) is 0.714. The molecule has 0 bridgehead atoms. The molecule has 0 aliphatic carbocycles. The Balaban J connectivity index is 2.11. The van der Waals surface area contributed by atoms with Crippen molar-refractivity contribution in [1.29, 1.82) is 0 Å². The molecule has 8 nitrogen and oxygen atoms in total. The number of ether oxygens (including phenoxy) is 1. The van der Waals surface area contributed by atoms with E-state index in [4.69, 9.17) is 16.3 Å². The lowest BCUT2D eigenvalue weighted by atomic mass is 10.0. The highest BCUT2D eigenvalue weighted by molar-refractivity contribution is 7.89. The molecule has 1 heterocycles. The first kappa shape index (κ1) is 32.5.